The highest BCUT2D eigenvalue weighted by molar-refractivity contribution is 4.92. The highest BCUT2D eigenvalue weighted by Gasteiger charge is 2.39. The molecule has 1 nitrogen and oxygen atoms in total. The predicted octanol–water partition coefficient (Wildman–Crippen LogP) is 2.48. The third kappa shape index (κ3) is 1.31. The van der Waals surface area contributed by atoms with Crippen LogP contribution in [0.25, 0.3) is 0 Å². The van der Waals surface area contributed by atoms with Gasteiger partial charge < -0.3 is 5.11 Å². The molecule has 1 heteroatoms. The first-order valence-electron chi connectivity index (χ1n) is 5.04. The van der Waals surface area contributed by atoms with Gasteiger partial charge in [0.1, 0.15) is 0 Å². The highest BCUT2D eigenvalue weighted by Crippen LogP contribution is 2.43. The fourth-order valence-electron chi connectivity index (χ4n) is 2.86. The smallest absolute Gasteiger partial charge is 0.0675 e. The van der Waals surface area contributed by atoms with E-state index in [0.29, 0.717) is 5.92 Å². The molecule has 0 saturated heterocycles. The van der Waals surface area contributed by atoms with E-state index < -0.39 is 0 Å². The maximum Gasteiger partial charge on any atom is 0.0675 e. The Labute approximate surface area is 68.8 Å². The van der Waals surface area contributed by atoms with Crippen LogP contribution in [0.15, 0.2) is 0 Å². The molecule has 2 aliphatic carbocycles. The van der Waals surface area contributed by atoms with Gasteiger partial charge in [-0.15, -0.1) is 0 Å². The lowest BCUT2D eigenvalue weighted by Gasteiger charge is -2.43. The first-order chi connectivity index (χ1) is 5.31. The SMILES string of the molecule is O[C@]12CCCC[C@H]1CCCC2. The van der Waals surface area contributed by atoms with Crippen LogP contribution in [-0.4, -0.2) is 10.7 Å². The molecule has 0 unspecified atom stereocenters. The number of fused-ring (bicyclic) bond motifs is 1. The largest absolute Gasteiger partial charge is 0.390 e. The predicted molar refractivity (Wildman–Crippen MR) is 45.4 cm³/mol. The van der Waals surface area contributed by atoms with Crippen LogP contribution in [0, 0.1) is 5.92 Å². The lowest BCUT2D eigenvalue weighted by Crippen LogP contribution is -2.42. The number of rotatable bonds is 0. The van der Waals surface area contributed by atoms with Crippen molar-refractivity contribution in [1.82, 2.24) is 0 Å². The average molecular weight is 154 g/mol. The molecule has 2 saturated carbocycles. The summed E-state index contributed by atoms with van der Waals surface area (Å²) in [5.74, 6) is 0.657. The second-order valence-electron chi connectivity index (χ2n) is 4.29. The molecule has 0 atom stereocenters. The van der Waals surface area contributed by atoms with Gasteiger partial charge in [0.15, 0.2) is 0 Å². The zero-order valence-electron chi connectivity index (χ0n) is 7.18. The van der Waals surface area contributed by atoms with Crippen LogP contribution in [0.4, 0.5) is 0 Å². The monoisotopic (exact) mass is 154 g/mol. The molecule has 0 aliphatic heterocycles. The first kappa shape index (κ1) is 7.60. The highest BCUT2D eigenvalue weighted by atomic mass is 16.3. The third-order valence-electron chi connectivity index (χ3n) is 3.58. The van der Waals surface area contributed by atoms with E-state index in [1.165, 1.54) is 38.5 Å². The minimum atomic E-state index is -0.226. The summed E-state index contributed by atoms with van der Waals surface area (Å²) >= 11 is 0. The normalized spacial score (nSPS) is 45.0. The van der Waals surface area contributed by atoms with Crippen molar-refractivity contribution >= 4 is 0 Å². The van der Waals surface area contributed by atoms with Gasteiger partial charge in [0.05, 0.1) is 5.60 Å². The molecule has 0 radical (unpaired) electrons. The van der Waals surface area contributed by atoms with Gasteiger partial charge in [0.2, 0.25) is 0 Å². The topological polar surface area (TPSA) is 20.2 Å². The van der Waals surface area contributed by atoms with E-state index >= 15 is 0 Å². The maximum atomic E-state index is 10.2. The molecule has 11 heavy (non-hydrogen) atoms. The van der Waals surface area contributed by atoms with E-state index in [9.17, 15) is 5.11 Å². The first-order valence-corrected chi connectivity index (χ1v) is 5.04. The van der Waals surface area contributed by atoms with E-state index in [4.69, 9.17) is 0 Å². The molecular weight excluding hydrogens is 136 g/mol. The zero-order valence-corrected chi connectivity index (χ0v) is 7.18. The molecule has 0 aromatic rings. The second kappa shape index (κ2) is 2.78. The Bertz CT molecular complexity index is 130. The Hall–Kier alpha value is -0.0400. The quantitative estimate of drug-likeness (QED) is 0.568. The van der Waals surface area contributed by atoms with Gasteiger partial charge in [-0.3, -0.25) is 0 Å². The molecule has 0 bridgehead atoms. The van der Waals surface area contributed by atoms with Gasteiger partial charge in [-0.25, -0.2) is 0 Å². The van der Waals surface area contributed by atoms with Crippen LogP contribution in [0.1, 0.15) is 51.4 Å². The van der Waals surface area contributed by atoms with Gasteiger partial charge in [-0.1, -0.05) is 25.7 Å². The Morgan fingerprint density at radius 2 is 1.45 bits per heavy atom. The van der Waals surface area contributed by atoms with E-state index in [-0.39, 0.29) is 5.60 Å². The fourth-order valence-corrected chi connectivity index (χ4v) is 2.86. The molecule has 1 N–H and O–H groups in total. The van der Waals surface area contributed by atoms with Crippen molar-refractivity contribution in [3.05, 3.63) is 0 Å². The number of aliphatic hydroxyl groups is 1. The maximum absolute atomic E-state index is 10.2. The van der Waals surface area contributed by atoms with Crippen LogP contribution < -0.4 is 0 Å². The lowest BCUT2D eigenvalue weighted by molar-refractivity contribution is -0.0745. The van der Waals surface area contributed by atoms with E-state index in [2.05, 4.69) is 0 Å². The molecule has 64 valence electrons. The summed E-state index contributed by atoms with van der Waals surface area (Å²) in [6.45, 7) is 0. The summed E-state index contributed by atoms with van der Waals surface area (Å²) in [7, 11) is 0. The van der Waals surface area contributed by atoms with E-state index in [0.717, 1.165) is 12.8 Å². The second-order valence-corrected chi connectivity index (χ2v) is 4.29. The Kier molecular flexibility index (Phi) is 1.92. The molecule has 2 rings (SSSR count). The van der Waals surface area contributed by atoms with Crippen LogP contribution in [0.2, 0.25) is 0 Å². The summed E-state index contributed by atoms with van der Waals surface area (Å²) in [6, 6.07) is 0. The fraction of sp³-hybridized carbons (Fsp3) is 1.00. The molecule has 0 amide bonds. The standard InChI is InChI=1S/C10H18O/c11-10-7-3-1-5-9(10)6-2-4-8-10/h9,11H,1-8H2/t9-,10-. The summed E-state index contributed by atoms with van der Waals surface area (Å²) in [5, 5.41) is 10.2. The van der Waals surface area contributed by atoms with Gasteiger partial charge in [0, 0.05) is 0 Å². The van der Waals surface area contributed by atoms with Crippen molar-refractivity contribution in [2.24, 2.45) is 5.92 Å². The van der Waals surface area contributed by atoms with Crippen LogP contribution in [-0.2, 0) is 0 Å². The zero-order chi connectivity index (χ0) is 7.73. The van der Waals surface area contributed by atoms with Crippen LogP contribution >= 0.6 is 0 Å². The van der Waals surface area contributed by atoms with Crippen LogP contribution in [0.5, 0.6) is 0 Å². The molecule has 0 heterocycles. The Morgan fingerprint density at radius 3 is 1.91 bits per heavy atom. The summed E-state index contributed by atoms with van der Waals surface area (Å²) < 4.78 is 0. The third-order valence-corrected chi connectivity index (χ3v) is 3.58. The summed E-state index contributed by atoms with van der Waals surface area (Å²) in [6.07, 6.45) is 9.96. The van der Waals surface area contributed by atoms with Crippen molar-refractivity contribution in [1.29, 1.82) is 0 Å². The number of hydrogen-bond acceptors (Lipinski definition) is 1. The average Bonchev–Trinajstić information content (AvgIpc) is 2.03. The van der Waals surface area contributed by atoms with Crippen molar-refractivity contribution in [3.63, 3.8) is 0 Å². The van der Waals surface area contributed by atoms with Crippen molar-refractivity contribution in [2.45, 2.75) is 57.0 Å². The van der Waals surface area contributed by atoms with Gasteiger partial charge >= 0.3 is 0 Å². The Balaban J connectivity index is 2.06. The minimum Gasteiger partial charge on any atom is -0.390 e. The molecule has 2 aliphatic rings. The minimum absolute atomic E-state index is 0.226. The number of hydrogen-bond donors (Lipinski definition) is 1. The summed E-state index contributed by atoms with van der Waals surface area (Å²) in [4.78, 5) is 0. The van der Waals surface area contributed by atoms with Crippen LogP contribution in [0.3, 0.4) is 0 Å². The molecule has 0 aromatic heterocycles. The van der Waals surface area contributed by atoms with Crippen molar-refractivity contribution < 1.29 is 5.11 Å². The Morgan fingerprint density at radius 1 is 0.909 bits per heavy atom. The lowest BCUT2D eigenvalue weighted by atomic mass is 9.67. The molecule has 0 spiro atoms. The van der Waals surface area contributed by atoms with Gasteiger partial charge in [-0.05, 0) is 31.6 Å². The van der Waals surface area contributed by atoms with Crippen molar-refractivity contribution in [2.75, 3.05) is 0 Å². The van der Waals surface area contributed by atoms with Gasteiger partial charge in [-0.2, -0.15) is 0 Å². The molecule has 2 fully saturated rings. The van der Waals surface area contributed by atoms with E-state index in [1.807, 2.05) is 0 Å². The summed E-state index contributed by atoms with van der Waals surface area (Å²) in [5.41, 5.74) is -0.226. The van der Waals surface area contributed by atoms with E-state index in [1.54, 1.807) is 0 Å². The van der Waals surface area contributed by atoms with Crippen molar-refractivity contribution in [3.8, 4) is 0 Å². The molecular formula is C10H18O. The van der Waals surface area contributed by atoms with Gasteiger partial charge in [0.25, 0.3) is 0 Å². The molecule has 0 aromatic carbocycles.